The molecule has 1 saturated heterocycles. The van der Waals surface area contributed by atoms with Crippen LogP contribution >= 0.6 is 0 Å². The maximum absolute atomic E-state index is 14.0. The minimum absolute atomic E-state index is 0.0615. The molecule has 1 fully saturated rings. The molecule has 214 valence electrons. The predicted octanol–water partition coefficient (Wildman–Crippen LogP) is 4.47. The first-order valence-corrected chi connectivity index (χ1v) is 15.9. The van der Waals surface area contributed by atoms with Crippen molar-refractivity contribution in [2.24, 2.45) is 11.1 Å². The number of ether oxygens (including phenoxy) is 1. The second-order valence-electron chi connectivity index (χ2n) is 11.4. The molecule has 2 heterocycles. The molecule has 0 radical (unpaired) electrons. The van der Waals surface area contributed by atoms with Gasteiger partial charge in [-0.15, -0.1) is 0 Å². The monoisotopic (exact) mass is 565 g/mol. The van der Waals surface area contributed by atoms with Gasteiger partial charge in [0.25, 0.3) is 5.91 Å². The van der Waals surface area contributed by atoms with Gasteiger partial charge >= 0.3 is 0 Å². The lowest BCUT2D eigenvalue weighted by atomic mass is 9.78. The number of carbonyl (C=O) groups excluding carboxylic acids is 2. The Morgan fingerprint density at radius 2 is 1.80 bits per heavy atom. The van der Waals surface area contributed by atoms with Crippen molar-refractivity contribution in [3.05, 3.63) is 54.6 Å². The van der Waals surface area contributed by atoms with E-state index >= 15 is 0 Å². The van der Waals surface area contributed by atoms with Crippen LogP contribution in [0, 0.1) is 5.41 Å². The molecule has 8 nitrogen and oxygen atoms in total. The molecule has 2 aromatic carbocycles. The first-order chi connectivity index (χ1) is 19.1. The molecule has 0 bridgehead atoms. The standard InChI is InChI=1S/C31H39N3O5S/c1-22-20-33(30(36)29-19-31(21-39-29)14-6-4-3-5-7-15-31)28-18-25(10-13-27(28)34(22)23(2)35)24-8-11-26(12-9-24)40(37,38)17-16-32/h6,8-14,18,22,29H,3-5,7,15-17,19-21,32H2,1-2H3/b14-6-/t22-,29?,31?/m0/s1. The van der Waals surface area contributed by atoms with Gasteiger partial charge in [0.2, 0.25) is 5.91 Å². The van der Waals surface area contributed by atoms with Crippen LogP contribution < -0.4 is 15.5 Å². The number of rotatable bonds is 5. The predicted molar refractivity (Wildman–Crippen MR) is 157 cm³/mol. The number of amides is 2. The second kappa shape index (κ2) is 11.5. The Labute approximate surface area is 237 Å². The third-order valence-electron chi connectivity index (χ3n) is 8.41. The van der Waals surface area contributed by atoms with Gasteiger partial charge < -0.3 is 20.3 Å². The van der Waals surface area contributed by atoms with E-state index in [4.69, 9.17) is 10.5 Å². The number of nitrogens with zero attached hydrogens (tertiary/aromatic N) is 2. The van der Waals surface area contributed by atoms with E-state index in [2.05, 4.69) is 12.2 Å². The summed E-state index contributed by atoms with van der Waals surface area (Å²) >= 11 is 0. The molecular formula is C31H39N3O5S. The molecule has 1 spiro atoms. The lowest BCUT2D eigenvalue weighted by molar-refractivity contribution is -0.127. The fourth-order valence-electron chi connectivity index (χ4n) is 6.33. The van der Waals surface area contributed by atoms with Gasteiger partial charge in [-0.05, 0) is 68.0 Å². The highest BCUT2D eigenvalue weighted by molar-refractivity contribution is 7.91. The fraction of sp³-hybridized carbons (Fsp3) is 0.484. The Morgan fingerprint density at radius 3 is 2.52 bits per heavy atom. The minimum Gasteiger partial charge on any atom is -0.367 e. The van der Waals surface area contributed by atoms with E-state index in [0.717, 1.165) is 30.4 Å². The highest BCUT2D eigenvalue weighted by Crippen LogP contribution is 2.44. The Morgan fingerprint density at radius 1 is 1.05 bits per heavy atom. The van der Waals surface area contributed by atoms with E-state index in [1.54, 1.807) is 34.1 Å². The number of benzene rings is 2. The molecule has 3 aliphatic rings. The Balaban J connectivity index is 1.47. The van der Waals surface area contributed by atoms with E-state index < -0.39 is 15.9 Å². The second-order valence-corrected chi connectivity index (χ2v) is 13.5. The van der Waals surface area contributed by atoms with Crippen molar-refractivity contribution >= 4 is 33.0 Å². The van der Waals surface area contributed by atoms with Crippen molar-refractivity contribution < 1.29 is 22.7 Å². The molecule has 40 heavy (non-hydrogen) atoms. The molecule has 3 atom stereocenters. The van der Waals surface area contributed by atoms with Gasteiger partial charge in [-0.25, -0.2) is 8.42 Å². The van der Waals surface area contributed by atoms with E-state index in [0.29, 0.717) is 30.9 Å². The molecule has 1 aliphatic carbocycles. The summed E-state index contributed by atoms with van der Waals surface area (Å²) in [5.41, 5.74) is 8.35. The smallest absolute Gasteiger partial charge is 0.256 e. The lowest BCUT2D eigenvalue weighted by Crippen LogP contribution is -2.53. The van der Waals surface area contributed by atoms with Crippen LogP contribution in [0.3, 0.4) is 0 Å². The highest BCUT2D eigenvalue weighted by atomic mass is 32.2. The number of hydrogen-bond donors (Lipinski definition) is 1. The van der Waals surface area contributed by atoms with Crippen molar-refractivity contribution in [2.45, 2.75) is 69.4 Å². The number of sulfone groups is 1. The highest BCUT2D eigenvalue weighted by Gasteiger charge is 2.44. The van der Waals surface area contributed by atoms with Crippen LogP contribution in [-0.4, -0.2) is 57.8 Å². The maximum atomic E-state index is 14.0. The van der Waals surface area contributed by atoms with E-state index in [-0.39, 0.29) is 40.5 Å². The molecule has 2 N–H and O–H groups in total. The summed E-state index contributed by atoms with van der Waals surface area (Å²) in [4.78, 5) is 30.4. The summed E-state index contributed by atoms with van der Waals surface area (Å²) in [6.45, 7) is 4.47. The van der Waals surface area contributed by atoms with Gasteiger partial charge in [0.05, 0.1) is 34.7 Å². The molecule has 0 saturated carbocycles. The Kier molecular flexibility index (Phi) is 8.17. The number of hydrogen-bond acceptors (Lipinski definition) is 6. The molecule has 2 amide bonds. The van der Waals surface area contributed by atoms with Crippen molar-refractivity contribution in [2.75, 3.05) is 35.2 Å². The van der Waals surface area contributed by atoms with E-state index in [1.807, 2.05) is 25.1 Å². The summed E-state index contributed by atoms with van der Waals surface area (Å²) in [5.74, 6) is -0.274. The van der Waals surface area contributed by atoms with Crippen LogP contribution in [0.15, 0.2) is 59.5 Å². The average molecular weight is 566 g/mol. The SMILES string of the molecule is CC(=O)N1c2ccc(-c3ccc(S(=O)(=O)CCN)cc3)cc2N(C(=O)C2CC3(/C=C\CCCCC3)CO2)C[C@@H]1C. The van der Waals surface area contributed by atoms with E-state index in [9.17, 15) is 18.0 Å². The summed E-state index contributed by atoms with van der Waals surface area (Å²) < 4.78 is 31.0. The van der Waals surface area contributed by atoms with Crippen LogP contribution in [-0.2, 0) is 24.2 Å². The third kappa shape index (κ3) is 5.60. The van der Waals surface area contributed by atoms with Gasteiger partial charge in [0.1, 0.15) is 6.10 Å². The zero-order valence-corrected chi connectivity index (χ0v) is 24.2. The zero-order valence-electron chi connectivity index (χ0n) is 23.3. The molecule has 2 aromatic rings. The van der Waals surface area contributed by atoms with Gasteiger partial charge in [0, 0.05) is 25.4 Å². The zero-order chi connectivity index (χ0) is 28.5. The molecule has 0 aromatic heterocycles. The molecule has 5 rings (SSSR count). The van der Waals surface area contributed by atoms with Gasteiger partial charge in [-0.3, -0.25) is 9.59 Å². The average Bonchev–Trinajstić information content (AvgIpc) is 3.34. The summed E-state index contributed by atoms with van der Waals surface area (Å²) in [6.07, 6.45) is 10.3. The summed E-state index contributed by atoms with van der Waals surface area (Å²) in [6, 6.07) is 12.2. The van der Waals surface area contributed by atoms with E-state index in [1.165, 1.54) is 19.8 Å². The number of carbonyl (C=O) groups is 2. The summed E-state index contributed by atoms with van der Waals surface area (Å²) in [7, 11) is -3.43. The first kappa shape index (κ1) is 28.5. The fourth-order valence-corrected chi connectivity index (χ4v) is 7.43. The quantitative estimate of drug-likeness (QED) is 0.536. The molecule has 9 heteroatoms. The molecular weight excluding hydrogens is 526 g/mol. The first-order valence-electron chi connectivity index (χ1n) is 14.2. The third-order valence-corrected chi connectivity index (χ3v) is 10.2. The lowest BCUT2D eigenvalue weighted by Gasteiger charge is -2.41. The summed E-state index contributed by atoms with van der Waals surface area (Å²) in [5, 5.41) is 0. The largest absolute Gasteiger partial charge is 0.367 e. The maximum Gasteiger partial charge on any atom is 0.256 e. The van der Waals surface area contributed by atoms with Crippen LogP contribution in [0.1, 0.15) is 52.4 Å². The number of nitrogens with two attached hydrogens (primary N) is 1. The van der Waals surface area contributed by atoms with Crippen molar-refractivity contribution in [1.82, 2.24) is 0 Å². The number of fused-ring (bicyclic) bond motifs is 1. The van der Waals surface area contributed by atoms with Crippen LogP contribution in [0.2, 0.25) is 0 Å². The van der Waals surface area contributed by atoms with Crippen LogP contribution in [0.25, 0.3) is 11.1 Å². The Hall–Kier alpha value is -3.01. The van der Waals surface area contributed by atoms with Crippen LogP contribution in [0.5, 0.6) is 0 Å². The van der Waals surface area contributed by atoms with Gasteiger partial charge in [0.15, 0.2) is 9.84 Å². The molecule has 2 unspecified atom stereocenters. The van der Waals surface area contributed by atoms with Crippen molar-refractivity contribution in [3.8, 4) is 11.1 Å². The van der Waals surface area contributed by atoms with Gasteiger partial charge in [-0.2, -0.15) is 0 Å². The topological polar surface area (TPSA) is 110 Å². The van der Waals surface area contributed by atoms with Crippen molar-refractivity contribution in [3.63, 3.8) is 0 Å². The number of allylic oxidation sites excluding steroid dienone is 1. The normalized spacial score (nSPS) is 25.8. The number of anilines is 2. The Bertz CT molecular complexity index is 1400. The van der Waals surface area contributed by atoms with Gasteiger partial charge in [-0.1, -0.05) is 43.2 Å². The minimum atomic E-state index is -3.43. The van der Waals surface area contributed by atoms with Crippen molar-refractivity contribution in [1.29, 1.82) is 0 Å². The molecule has 2 aliphatic heterocycles. The van der Waals surface area contributed by atoms with Crippen LogP contribution in [0.4, 0.5) is 11.4 Å².